The third-order valence-corrected chi connectivity index (χ3v) is 3.60. The Morgan fingerprint density at radius 1 is 1.38 bits per heavy atom. The molecule has 3 heteroatoms. The minimum atomic E-state index is -2.81. The quantitative estimate of drug-likeness (QED) is 0.839. The molecule has 1 aliphatic rings. The van der Waals surface area contributed by atoms with Crippen LogP contribution >= 0.6 is 0 Å². The zero-order valence-corrected chi connectivity index (χ0v) is 9.34. The van der Waals surface area contributed by atoms with Gasteiger partial charge in [0.2, 0.25) is 0 Å². The largest absolute Gasteiger partial charge is 0.395 e. The lowest BCUT2D eigenvalue weighted by atomic mass is 9.65. The Labute approximate surface area is 94.1 Å². The van der Waals surface area contributed by atoms with Gasteiger partial charge in [-0.2, -0.15) is 0 Å². The highest BCUT2D eigenvalue weighted by atomic mass is 19.3. The first-order valence-electron chi connectivity index (χ1n) is 5.58. The van der Waals surface area contributed by atoms with Gasteiger partial charge in [0.25, 0.3) is 5.92 Å². The van der Waals surface area contributed by atoms with Crippen LogP contribution in [0.2, 0.25) is 0 Å². The van der Waals surface area contributed by atoms with Gasteiger partial charge in [-0.1, -0.05) is 24.6 Å². The van der Waals surface area contributed by atoms with Gasteiger partial charge in [0.15, 0.2) is 0 Å². The predicted octanol–water partition coefficient (Wildman–Crippen LogP) is 3.21. The van der Waals surface area contributed by atoms with Crippen molar-refractivity contribution in [2.45, 2.75) is 37.5 Å². The number of rotatable bonds is 3. The van der Waals surface area contributed by atoms with Crippen molar-refractivity contribution in [2.75, 3.05) is 6.61 Å². The van der Waals surface area contributed by atoms with E-state index in [2.05, 4.69) is 0 Å². The molecule has 0 aliphatic heterocycles. The van der Waals surface area contributed by atoms with E-state index in [1.807, 2.05) is 6.07 Å². The molecule has 16 heavy (non-hydrogen) atoms. The summed E-state index contributed by atoms with van der Waals surface area (Å²) >= 11 is 0. The normalized spacial score (nSPS) is 19.2. The molecule has 1 aromatic rings. The van der Waals surface area contributed by atoms with Crippen LogP contribution in [0.4, 0.5) is 8.78 Å². The van der Waals surface area contributed by atoms with Crippen LogP contribution in [0.5, 0.6) is 0 Å². The molecule has 0 heterocycles. The van der Waals surface area contributed by atoms with Crippen molar-refractivity contribution >= 4 is 0 Å². The number of alkyl halides is 2. The van der Waals surface area contributed by atoms with Gasteiger partial charge in [0, 0.05) is 17.9 Å². The second kappa shape index (κ2) is 3.81. The highest BCUT2D eigenvalue weighted by Crippen LogP contribution is 2.44. The lowest BCUT2D eigenvalue weighted by molar-refractivity contribution is 0.0170. The molecule has 0 atom stereocenters. The summed E-state index contributed by atoms with van der Waals surface area (Å²) in [6, 6.07) is 6.46. The van der Waals surface area contributed by atoms with Gasteiger partial charge in [-0.15, -0.1) is 0 Å². The lowest BCUT2D eigenvalue weighted by Crippen LogP contribution is -2.38. The van der Waals surface area contributed by atoms with E-state index in [1.165, 1.54) is 12.1 Å². The molecule has 0 amide bonds. The Balaban J connectivity index is 2.36. The minimum absolute atomic E-state index is 0.0322. The predicted molar refractivity (Wildman–Crippen MR) is 58.6 cm³/mol. The summed E-state index contributed by atoms with van der Waals surface area (Å²) in [5, 5.41) is 9.40. The van der Waals surface area contributed by atoms with E-state index in [1.54, 1.807) is 6.07 Å². The van der Waals surface area contributed by atoms with Crippen LogP contribution < -0.4 is 0 Å². The summed E-state index contributed by atoms with van der Waals surface area (Å²) in [5.74, 6) is -2.81. The maximum Gasteiger partial charge on any atom is 0.270 e. The molecule has 0 spiro atoms. The number of benzene rings is 1. The number of halogens is 2. The van der Waals surface area contributed by atoms with Crippen LogP contribution in [0, 0.1) is 0 Å². The van der Waals surface area contributed by atoms with Gasteiger partial charge in [-0.25, -0.2) is 8.78 Å². The van der Waals surface area contributed by atoms with Crippen LogP contribution in [0.15, 0.2) is 24.3 Å². The molecule has 1 saturated carbocycles. The molecule has 1 N–H and O–H groups in total. The first kappa shape index (κ1) is 11.5. The van der Waals surface area contributed by atoms with Gasteiger partial charge < -0.3 is 5.11 Å². The summed E-state index contributed by atoms with van der Waals surface area (Å²) < 4.78 is 26.4. The van der Waals surface area contributed by atoms with Crippen molar-refractivity contribution in [1.29, 1.82) is 0 Å². The maximum absolute atomic E-state index is 13.2. The maximum atomic E-state index is 13.2. The number of hydrogen-bond acceptors (Lipinski definition) is 1. The van der Waals surface area contributed by atoms with Gasteiger partial charge >= 0.3 is 0 Å². The first-order valence-corrected chi connectivity index (χ1v) is 5.58. The highest BCUT2D eigenvalue weighted by molar-refractivity contribution is 5.34. The molecular weight excluding hydrogens is 210 g/mol. The molecule has 0 unspecified atom stereocenters. The van der Waals surface area contributed by atoms with Crippen molar-refractivity contribution in [3.8, 4) is 0 Å². The van der Waals surface area contributed by atoms with E-state index in [-0.39, 0.29) is 17.6 Å². The number of hydrogen-bond donors (Lipinski definition) is 1. The number of aliphatic hydroxyl groups is 1. The fraction of sp³-hybridized carbons (Fsp3) is 0.538. The van der Waals surface area contributed by atoms with Gasteiger partial charge in [-0.3, -0.25) is 0 Å². The molecule has 2 rings (SSSR count). The molecular formula is C13H16F2O. The summed E-state index contributed by atoms with van der Waals surface area (Å²) in [6.45, 7) is 0.949. The molecule has 0 radical (unpaired) electrons. The summed E-state index contributed by atoms with van der Waals surface area (Å²) in [6.07, 6.45) is 2.85. The van der Waals surface area contributed by atoms with E-state index >= 15 is 0 Å². The second-order valence-corrected chi connectivity index (χ2v) is 4.76. The van der Waals surface area contributed by atoms with Crippen molar-refractivity contribution in [1.82, 2.24) is 0 Å². The summed E-state index contributed by atoms with van der Waals surface area (Å²) in [7, 11) is 0. The third-order valence-electron chi connectivity index (χ3n) is 3.60. The smallest absolute Gasteiger partial charge is 0.270 e. The molecule has 1 fully saturated rings. The van der Waals surface area contributed by atoms with Crippen LogP contribution in [0.1, 0.15) is 37.3 Å². The fourth-order valence-electron chi connectivity index (χ4n) is 2.26. The average molecular weight is 226 g/mol. The topological polar surface area (TPSA) is 20.2 Å². The van der Waals surface area contributed by atoms with Crippen LogP contribution in [-0.4, -0.2) is 11.7 Å². The van der Waals surface area contributed by atoms with Crippen molar-refractivity contribution in [3.63, 3.8) is 0 Å². The average Bonchev–Trinajstić information content (AvgIpc) is 2.16. The monoisotopic (exact) mass is 226 g/mol. The first-order chi connectivity index (χ1) is 7.48. The van der Waals surface area contributed by atoms with Crippen molar-refractivity contribution in [3.05, 3.63) is 35.4 Å². The Morgan fingerprint density at radius 2 is 2.06 bits per heavy atom. The fourth-order valence-corrected chi connectivity index (χ4v) is 2.26. The Kier molecular flexibility index (Phi) is 2.74. The molecule has 0 saturated heterocycles. The summed E-state index contributed by atoms with van der Waals surface area (Å²) in [4.78, 5) is 0. The lowest BCUT2D eigenvalue weighted by Gasteiger charge is -2.41. The Bertz CT molecular complexity index is 372. The zero-order chi connectivity index (χ0) is 11.8. The van der Waals surface area contributed by atoms with Gasteiger partial charge in [0.1, 0.15) is 0 Å². The Hall–Kier alpha value is -0.960. The van der Waals surface area contributed by atoms with E-state index in [0.29, 0.717) is 0 Å². The molecule has 1 aliphatic carbocycles. The van der Waals surface area contributed by atoms with Crippen molar-refractivity contribution in [2.24, 2.45) is 0 Å². The standard InChI is InChI=1S/C13H16F2O/c1-12(14,15)10-4-2-5-11(8-10)13(9-16)6-3-7-13/h2,4-5,8,16H,3,6-7,9H2,1H3. The van der Waals surface area contributed by atoms with E-state index in [0.717, 1.165) is 31.7 Å². The molecule has 88 valence electrons. The zero-order valence-electron chi connectivity index (χ0n) is 9.34. The molecule has 0 aromatic heterocycles. The SMILES string of the molecule is CC(F)(F)c1cccc(C2(CO)CCC2)c1. The highest BCUT2D eigenvalue weighted by Gasteiger charge is 2.38. The van der Waals surface area contributed by atoms with Crippen LogP contribution in [-0.2, 0) is 11.3 Å². The molecule has 1 aromatic carbocycles. The van der Waals surface area contributed by atoms with Gasteiger partial charge in [0.05, 0.1) is 6.61 Å². The summed E-state index contributed by atoms with van der Waals surface area (Å²) in [5.41, 5.74) is 0.617. The van der Waals surface area contributed by atoms with Crippen LogP contribution in [0.25, 0.3) is 0 Å². The number of aliphatic hydroxyl groups excluding tert-OH is 1. The second-order valence-electron chi connectivity index (χ2n) is 4.76. The Morgan fingerprint density at radius 3 is 2.50 bits per heavy atom. The minimum Gasteiger partial charge on any atom is -0.395 e. The van der Waals surface area contributed by atoms with Crippen LogP contribution in [0.3, 0.4) is 0 Å². The van der Waals surface area contributed by atoms with E-state index in [9.17, 15) is 13.9 Å². The molecule has 0 bridgehead atoms. The third kappa shape index (κ3) is 1.84. The van der Waals surface area contributed by atoms with E-state index < -0.39 is 5.92 Å². The van der Waals surface area contributed by atoms with Gasteiger partial charge in [-0.05, 0) is 24.5 Å². The molecule has 1 nitrogen and oxygen atoms in total. The van der Waals surface area contributed by atoms with E-state index in [4.69, 9.17) is 0 Å². The van der Waals surface area contributed by atoms with Crippen molar-refractivity contribution < 1.29 is 13.9 Å².